The maximum atomic E-state index is 6.04. The third kappa shape index (κ3) is 4.22. The van der Waals surface area contributed by atoms with E-state index >= 15 is 0 Å². The zero-order chi connectivity index (χ0) is 18.5. The number of hydrogen-bond donors (Lipinski definition) is 1. The molecule has 0 aromatic heterocycles. The fourth-order valence-corrected chi connectivity index (χ4v) is 2.98. The fourth-order valence-electron chi connectivity index (χ4n) is 2.98. The molecule has 0 aliphatic carbocycles. The van der Waals surface area contributed by atoms with E-state index in [4.69, 9.17) is 19.9 Å². The van der Waals surface area contributed by atoms with Crippen LogP contribution in [-0.4, -0.2) is 32.9 Å². The van der Waals surface area contributed by atoms with Crippen molar-refractivity contribution in [3.63, 3.8) is 0 Å². The van der Waals surface area contributed by atoms with E-state index in [1.54, 1.807) is 7.11 Å². The Morgan fingerprint density at radius 2 is 1.81 bits per heavy atom. The van der Waals surface area contributed by atoms with Gasteiger partial charge in [0.05, 0.1) is 32.5 Å². The first-order chi connectivity index (χ1) is 12.6. The van der Waals surface area contributed by atoms with Gasteiger partial charge in [-0.2, -0.15) is 0 Å². The largest absolute Gasteiger partial charge is 0.494 e. The van der Waals surface area contributed by atoms with E-state index in [-0.39, 0.29) is 12.1 Å². The number of anilines is 1. The first kappa shape index (κ1) is 18.4. The van der Waals surface area contributed by atoms with Gasteiger partial charge in [0.25, 0.3) is 0 Å². The average molecular weight is 356 g/mol. The van der Waals surface area contributed by atoms with Crippen LogP contribution in [0.1, 0.15) is 31.9 Å². The molecule has 2 aromatic carbocycles. The lowest BCUT2D eigenvalue weighted by molar-refractivity contribution is 0.167. The first-order valence-corrected chi connectivity index (χ1v) is 9.18. The molecular weight excluding hydrogens is 328 g/mol. The van der Waals surface area contributed by atoms with Gasteiger partial charge in [-0.15, -0.1) is 0 Å². The zero-order valence-electron chi connectivity index (χ0n) is 15.8. The highest BCUT2D eigenvalue weighted by Crippen LogP contribution is 2.35. The predicted octanol–water partition coefficient (Wildman–Crippen LogP) is 3.77. The molecule has 0 saturated carbocycles. The van der Waals surface area contributed by atoms with Crippen molar-refractivity contribution in [2.24, 2.45) is 5.73 Å². The number of hydrogen-bond acceptors (Lipinski definition) is 5. The van der Waals surface area contributed by atoms with E-state index in [0.29, 0.717) is 6.61 Å². The van der Waals surface area contributed by atoms with E-state index in [0.717, 1.165) is 48.0 Å². The molecule has 2 aromatic rings. The van der Waals surface area contributed by atoms with Crippen molar-refractivity contribution < 1.29 is 14.2 Å². The van der Waals surface area contributed by atoms with Gasteiger partial charge < -0.3 is 24.8 Å². The Morgan fingerprint density at radius 1 is 1.12 bits per heavy atom. The van der Waals surface area contributed by atoms with Crippen molar-refractivity contribution in [2.75, 3.05) is 31.7 Å². The Hall–Kier alpha value is -2.40. The highest BCUT2D eigenvalue weighted by Gasteiger charge is 2.30. The lowest BCUT2D eigenvalue weighted by atomic mass is 10.1. The molecule has 3 rings (SSSR count). The minimum Gasteiger partial charge on any atom is -0.494 e. The third-order valence-corrected chi connectivity index (χ3v) is 4.52. The molecule has 5 heteroatoms. The molecule has 1 aliphatic heterocycles. The van der Waals surface area contributed by atoms with Crippen LogP contribution in [0.5, 0.6) is 17.2 Å². The summed E-state index contributed by atoms with van der Waals surface area (Å²) in [5, 5.41) is 0. The highest BCUT2D eigenvalue weighted by molar-refractivity contribution is 5.62. The van der Waals surface area contributed by atoms with Crippen molar-refractivity contribution in [2.45, 2.75) is 32.4 Å². The first-order valence-electron chi connectivity index (χ1n) is 9.18. The van der Waals surface area contributed by atoms with Gasteiger partial charge >= 0.3 is 0 Å². The van der Waals surface area contributed by atoms with Gasteiger partial charge in [0, 0.05) is 12.1 Å². The molecule has 1 saturated heterocycles. The molecule has 140 valence electrons. The topological polar surface area (TPSA) is 57.0 Å². The quantitative estimate of drug-likeness (QED) is 0.780. The molecule has 1 unspecified atom stereocenters. The minimum atomic E-state index is 0.0417. The fraction of sp³-hybridized carbons (Fsp3) is 0.429. The van der Waals surface area contributed by atoms with Gasteiger partial charge in [0.2, 0.25) is 0 Å². The lowest BCUT2D eigenvalue weighted by Gasteiger charge is -2.41. The molecular formula is C21H28N2O3. The Balaban J connectivity index is 1.57. The summed E-state index contributed by atoms with van der Waals surface area (Å²) in [6.07, 6.45) is 1.16. The molecule has 1 aliphatic rings. The average Bonchev–Trinajstić information content (AvgIpc) is 2.63. The van der Waals surface area contributed by atoms with Crippen LogP contribution >= 0.6 is 0 Å². The van der Waals surface area contributed by atoms with Crippen molar-refractivity contribution >= 4 is 5.69 Å². The highest BCUT2D eigenvalue weighted by atomic mass is 16.5. The molecule has 0 spiro atoms. The van der Waals surface area contributed by atoms with E-state index < -0.39 is 0 Å². The molecule has 26 heavy (non-hydrogen) atoms. The van der Waals surface area contributed by atoms with Crippen LogP contribution in [-0.2, 0) is 0 Å². The summed E-state index contributed by atoms with van der Waals surface area (Å²) in [5.41, 5.74) is 8.07. The zero-order valence-corrected chi connectivity index (χ0v) is 15.8. The van der Waals surface area contributed by atoms with E-state index in [1.807, 2.05) is 43.3 Å². The number of benzene rings is 2. The summed E-state index contributed by atoms with van der Waals surface area (Å²) in [6.45, 7) is 6.45. The molecule has 0 amide bonds. The summed E-state index contributed by atoms with van der Waals surface area (Å²) < 4.78 is 17.3. The number of rotatable bonds is 8. The number of ether oxygens (including phenoxy) is 3. The van der Waals surface area contributed by atoms with Gasteiger partial charge in [-0.1, -0.05) is 19.1 Å². The summed E-state index contributed by atoms with van der Waals surface area (Å²) >= 11 is 0. The minimum absolute atomic E-state index is 0.0417. The second-order valence-corrected chi connectivity index (χ2v) is 6.68. The van der Waals surface area contributed by atoms with Crippen LogP contribution in [0.2, 0.25) is 0 Å². The van der Waals surface area contributed by atoms with E-state index in [9.17, 15) is 0 Å². The van der Waals surface area contributed by atoms with Crippen molar-refractivity contribution in [3.05, 3.63) is 48.0 Å². The van der Waals surface area contributed by atoms with E-state index in [1.165, 1.54) is 0 Å². The van der Waals surface area contributed by atoms with Crippen LogP contribution in [0.25, 0.3) is 0 Å². The Kier molecular flexibility index (Phi) is 5.89. The number of methoxy groups -OCH3 is 1. The molecule has 1 heterocycles. The lowest BCUT2D eigenvalue weighted by Crippen LogP contribution is -2.54. The third-order valence-electron chi connectivity index (χ3n) is 4.52. The van der Waals surface area contributed by atoms with Crippen LogP contribution in [0.4, 0.5) is 5.69 Å². The Bertz CT molecular complexity index is 710. The van der Waals surface area contributed by atoms with Crippen LogP contribution in [0, 0.1) is 0 Å². The smallest absolute Gasteiger partial charge is 0.145 e. The van der Waals surface area contributed by atoms with Crippen molar-refractivity contribution in [1.29, 1.82) is 0 Å². The maximum Gasteiger partial charge on any atom is 0.145 e. The van der Waals surface area contributed by atoms with Gasteiger partial charge in [-0.25, -0.2) is 0 Å². The Labute approximate surface area is 155 Å². The molecule has 5 nitrogen and oxygen atoms in total. The van der Waals surface area contributed by atoms with Crippen LogP contribution < -0.4 is 24.8 Å². The van der Waals surface area contributed by atoms with Crippen molar-refractivity contribution in [1.82, 2.24) is 0 Å². The summed E-state index contributed by atoms with van der Waals surface area (Å²) in [5.74, 6) is 2.56. The van der Waals surface area contributed by atoms with Gasteiger partial charge in [-0.05, 0) is 43.2 Å². The summed E-state index contributed by atoms with van der Waals surface area (Å²) in [7, 11) is 1.69. The number of nitrogens with two attached hydrogens (primary N) is 1. The molecule has 2 N–H and O–H groups in total. The number of nitrogens with zero attached hydrogens (tertiary/aromatic N) is 1. The van der Waals surface area contributed by atoms with Crippen LogP contribution in [0.3, 0.4) is 0 Å². The summed E-state index contributed by atoms with van der Waals surface area (Å²) in [6, 6.07) is 14.1. The second kappa shape index (κ2) is 8.32. The molecule has 1 fully saturated rings. The van der Waals surface area contributed by atoms with Gasteiger partial charge in [-0.3, -0.25) is 0 Å². The second-order valence-electron chi connectivity index (χ2n) is 6.68. The summed E-state index contributed by atoms with van der Waals surface area (Å²) in [4.78, 5) is 2.25. The van der Waals surface area contributed by atoms with Crippen LogP contribution in [0.15, 0.2) is 42.5 Å². The SMILES string of the molecule is CCCOc1ccc(N2CC(Oc3ccc(C(C)N)cc3)C2)c(OC)c1. The monoisotopic (exact) mass is 356 g/mol. The van der Waals surface area contributed by atoms with Crippen molar-refractivity contribution in [3.8, 4) is 17.2 Å². The van der Waals surface area contributed by atoms with E-state index in [2.05, 4.69) is 17.9 Å². The Morgan fingerprint density at radius 3 is 2.42 bits per heavy atom. The van der Waals surface area contributed by atoms with Gasteiger partial charge in [0.1, 0.15) is 23.4 Å². The standard InChI is InChI=1S/C21H28N2O3/c1-4-11-25-18-9-10-20(21(12-18)24-3)23-13-19(14-23)26-17-7-5-16(6-8-17)15(2)22/h5-10,12,15,19H,4,11,13-14,22H2,1-3H3. The predicted molar refractivity (Wildman–Crippen MR) is 104 cm³/mol. The molecule has 0 radical (unpaired) electrons. The normalized spacial score (nSPS) is 15.3. The molecule has 0 bridgehead atoms. The molecule has 1 atom stereocenters. The van der Waals surface area contributed by atoms with Gasteiger partial charge in [0.15, 0.2) is 0 Å². The maximum absolute atomic E-state index is 6.04.